The molecule has 0 unspecified atom stereocenters. The lowest BCUT2D eigenvalue weighted by Crippen LogP contribution is -2.14. The van der Waals surface area contributed by atoms with Gasteiger partial charge in [-0.1, -0.05) is 24.3 Å². The fourth-order valence-corrected chi connectivity index (χ4v) is 2.29. The summed E-state index contributed by atoms with van der Waals surface area (Å²) in [6.45, 7) is 0.394. The van der Waals surface area contributed by atoms with Crippen LogP contribution >= 0.6 is 0 Å². The number of nitrogens with two attached hydrogens (primary N) is 1. The highest BCUT2D eigenvalue weighted by Gasteiger charge is 2.11. The molecule has 0 aliphatic carbocycles. The normalized spacial score (nSPS) is 10.7. The van der Waals surface area contributed by atoms with Crippen LogP contribution in [0.4, 0.5) is 5.69 Å². The Balaban J connectivity index is 1.95. The van der Waals surface area contributed by atoms with Crippen molar-refractivity contribution in [2.75, 3.05) is 5.32 Å². The number of rotatable bonds is 3. The Bertz CT molecular complexity index is 761. The Morgan fingerprint density at radius 2 is 1.95 bits per heavy atom. The number of aromatic amines is 1. The zero-order chi connectivity index (χ0) is 13.9. The van der Waals surface area contributed by atoms with Crippen LogP contribution in [0.5, 0.6) is 0 Å². The Hall–Kier alpha value is -2.59. The number of benzene rings is 2. The van der Waals surface area contributed by atoms with E-state index < -0.39 is 0 Å². The zero-order valence-electron chi connectivity index (χ0n) is 10.9. The van der Waals surface area contributed by atoms with E-state index in [0.717, 1.165) is 22.2 Å². The molecule has 1 aromatic heterocycles. The Morgan fingerprint density at radius 3 is 2.80 bits per heavy atom. The second-order valence-corrected chi connectivity index (χ2v) is 4.56. The highest BCUT2D eigenvalue weighted by Crippen LogP contribution is 2.20. The number of H-pyrrole nitrogens is 1. The van der Waals surface area contributed by atoms with E-state index in [4.69, 9.17) is 5.73 Å². The Kier molecular flexibility index (Phi) is 3.23. The highest BCUT2D eigenvalue weighted by atomic mass is 16.1. The lowest BCUT2D eigenvalue weighted by Gasteiger charge is -2.10. The molecule has 1 amide bonds. The molecule has 0 aliphatic rings. The van der Waals surface area contributed by atoms with Crippen molar-refractivity contribution in [3.05, 3.63) is 65.9 Å². The summed E-state index contributed by atoms with van der Waals surface area (Å²) in [7, 11) is 0. The van der Waals surface area contributed by atoms with Gasteiger partial charge in [-0.2, -0.15) is 0 Å². The number of carbonyl (C=O) groups is 1. The van der Waals surface area contributed by atoms with Gasteiger partial charge in [0, 0.05) is 34.9 Å². The molecule has 0 fully saturated rings. The van der Waals surface area contributed by atoms with Crippen molar-refractivity contribution in [2.45, 2.75) is 6.54 Å². The molecule has 3 rings (SSSR count). The maximum atomic E-state index is 12.4. The van der Waals surface area contributed by atoms with Crippen molar-refractivity contribution in [2.24, 2.45) is 5.73 Å². The summed E-state index contributed by atoms with van der Waals surface area (Å²) in [5.74, 6) is -0.129. The average molecular weight is 265 g/mol. The van der Waals surface area contributed by atoms with Gasteiger partial charge in [0.1, 0.15) is 0 Å². The van der Waals surface area contributed by atoms with Crippen LogP contribution in [0.3, 0.4) is 0 Å². The number of carbonyl (C=O) groups excluding carboxylic acids is 1. The van der Waals surface area contributed by atoms with E-state index >= 15 is 0 Å². The zero-order valence-corrected chi connectivity index (χ0v) is 10.9. The largest absolute Gasteiger partial charge is 0.361 e. The van der Waals surface area contributed by atoms with Crippen LogP contribution in [-0.4, -0.2) is 10.9 Å². The molecule has 0 atom stereocenters. The van der Waals surface area contributed by atoms with Crippen LogP contribution in [0.15, 0.2) is 54.7 Å². The molecule has 4 nitrogen and oxygen atoms in total. The number of anilines is 1. The number of amides is 1. The van der Waals surface area contributed by atoms with E-state index in [-0.39, 0.29) is 5.91 Å². The quantitative estimate of drug-likeness (QED) is 0.681. The maximum absolute atomic E-state index is 12.4. The first-order valence-corrected chi connectivity index (χ1v) is 6.45. The molecular weight excluding hydrogens is 250 g/mol. The van der Waals surface area contributed by atoms with Crippen LogP contribution < -0.4 is 11.1 Å². The molecule has 0 saturated heterocycles. The minimum absolute atomic E-state index is 0.129. The van der Waals surface area contributed by atoms with E-state index in [0.29, 0.717) is 12.1 Å². The van der Waals surface area contributed by atoms with E-state index in [1.165, 1.54) is 0 Å². The first-order valence-electron chi connectivity index (χ1n) is 6.45. The first-order chi connectivity index (χ1) is 9.79. The SMILES string of the molecule is NCc1ccccc1NC(=O)c1cccc2[nH]ccc12. The molecule has 4 heteroatoms. The summed E-state index contributed by atoms with van der Waals surface area (Å²) >= 11 is 0. The standard InChI is InChI=1S/C16H15N3O/c17-10-11-4-1-2-6-14(11)19-16(20)13-5-3-7-15-12(13)8-9-18-15/h1-9,18H,10,17H2,(H,19,20). The molecule has 0 bridgehead atoms. The van der Waals surface area contributed by atoms with Crippen LogP contribution in [0.25, 0.3) is 10.9 Å². The van der Waals surface area contributed by atoms with Gasteiger partial charge in [0.15, 0.2) is 0 Å². The van der Waals surface area contributed by atoms with Crippen molar-refractivity contribution in [3.63, 3.8) is 0 Å². The molecule has 1 heterocycles. The van der Waals surface area contributed by atoms with E-state index in [2.05, 4.69) is 10.3 Å². The number of hydrogen-bond acceptors (Lipinski definition) is 2. The second kappa shape index (κ2) is 5.19. The predicted molar refractivity (Wildman–Crippen MR) is 80.6 cm³/mol. The number of fused-ring (bicyclic) bond motifs is 1. The fraction of sp³-hybridized carbons (Fsp3) is 0.0625. The van der Waals surface area contributed by atoms with Gasteiger partial charge >= 0.3 is 0 Å². The van der Waals surface area contributed by atoms with Crippen molar-refractivity contribution in [1.82, 2.24) is 4.98 Å². The molecule has 2 aromatic carbocycles. The monoisotopic (exact) mass is 265 g/mol. The highest BCUT2D eigenvalue weighted by molar-refractivity contribution is 6.12. The predicted octanol–water partition coefficient (Wildman–Crippen LogP) is 2.88. The third-order valence-electron chi connectivity index (χ3n) is 3.33. The Morgan fingerprint density at radius 1 is 1.10 bits per heavy atom. The van der Waals surface area contributed by atoms with Crippen LogP contribution in [-0.2, 0) is 6.54 Å². The minimum Gasteiger partial charge on any atom is -0.361 e. The van der Waals surface area contributed by atoms with Crippen molar-refractivity contribution >= 4 is 22.5 Å². The molecular formula is C16H15N3O. The molecule has 0 aliphatic heterocycles. The van der Waals surface area contributed by atoms with Crippen molar-refractivity contribution in [3.8, 4) is 0 Å². The van der Waals surface area contributed by atoms with Gasteiger partial charge in [-0.05, 0) is 29.8 Å². The summed E-state index contributed by atoms with van der Waals surface area (Å²) in [5.41, 5.74) is 8.96. The van der Waals surface area contributed by atoms with Crippen LogP contribution in [0.1, 0.15) is 15.9 Å². The molecule has 3 aromatic rings. The first kappa shape index (κ1) is 12.4. The van der Waals surface area contributed by atoms with Gasteiger partial charge in [0.2, 0.25) is 0 Å². The van der Waals surface area contributed by atoms with Crippen LogP contribution in [0.2, 0.25) is 0 Å². The number of aromatic nitrogens is 1. The number of hydrogen-bond donors (Lipinski definition) is 3. The second-order valence-electron chi connectivity index (χ2n) is 4.56. The fourth-order valence-electron chi connectivity index (χ4n) is 2.29. The van der Waals surface area contributed by atoms with Gasteiger partial charge < -0.3 is 16.0 Å². The Labute approximate surface area is 116 Å². The van der Waals surface area contributed by atoms with E-state index in [1.807, 2.05) is 54.7 Å². The summed E-state index contributed by atoms with van der Waals surface area (Å²) in [5, 5.41) is 3.84. The summed E-state index contributed by atoms with van der Waals surface area (Å²) in [4.78, 5) is 15.5. The van der Waals surface area contributed by atoms with E-state index in [1.54, 1.807) is 0 Å². The topological polar surface area (TPSA) is 70.9 Å². The lowest BCUT2D eigenvalue weighted by molar-refractivity contribution is 0.102. The maximum Gasteiger partial charge on any atom is 0.256 e. The molecule has 0 spiro atoms. The number of para-hydroxylation sites is 1. The average Bonchev–Trinajstić information content (AvgIpc) is 2.96. The smallest absolute Gasteiger partial charge is 0.256 e. The third kappa shape index (κ3) is 2.17. The summed E-state index contributed by atoms with van der Waals surface area (Å²) < 4.78 is 0. The van der Waals surface area contributed by atoms with E-state index in [9.17, 15) is 4.79 Å². The molecule has 4 N–H and O–H groups in total. The third-order valence-corrected chi connectivity index (χ3v) is 3.33. The van der Waals surface area contributed by atoms with Gasteiger partial charge in [-0.15, -0.1) is 0 Å². The van der Waals surface area contributed by atoms with Gasteiger partial charge in [0.05, 0.1) is 0 Å². The number of nitrogens with one attached hydrogen (secondary N) is 2. The molecule has 100 valence electrons. The van der Waals surface area contributed by atoms with Crippen LogP contribution in [0, 0.1) is 0 Å². The summed E-state index contributed by atoms with van der Waals surface area (Å²) in [6.07, 6.45) is 1.83. The molecule has 0 saturated carbocycles. The van der Waals surface area contributed by atoms with Gasteiger partial charge in [-0.3, -0.25) is 4.79 Å². The van der Waals surface area contributed by atoms with Crippen molar-refractivity contribution in [1.29, 1.82) is 0 Å². The van der Waals surface area contributed by atoms with Crippen molar-refractivity contribution < 1.29 is 4.79 Å². The van der Waals surface area contributed by atoms with Gasteiger partial charge in [0.25, 0.3) is 5.91 Å². The van der Waals surface area contributed by atoms with Gasteiger partial charge in [-0.25, -0.2) is 0 Å². The lowest BCUT2D eigenvalue weighted by atomic mass is 10.1. The molecule has 0 radical (unpaired) electrons. The summed E-state index contributed by atoms with van der Waals surface area (Å²) in [6, 6.07) is 15.1. The minimum atomic E-state index is -0.129. The molecule has 20 heavy (non-hydrogen) atoms.